The molecule has 1 atom stereocenters. The normalized spacial score (nSPS) is 12.2. The predicted molar refractivity (Wildman–Crippen MR) is 68.6 cm³/mol. The van der Waals surface area contributed by atoms with Crippen molar-refractivity contribution in [1.82, 2.24) is 0 Å². The van der Waals surface area contributed by atoms with E-state index in [9.17, 15) is 9.50 Å². The summed E-state index contributed by atoms with van der Waals surface area (Å²) in [5.41, 5.74) is 0.398. The molecule has 0 saturated heterocycles. The average Bonchev–Trinajstić information content (AvgIpc) is 2.31. The second kappa shape index (κ2) is 5.38. The molecule has 0 spiro atoms. The molecule has 0 aliphatic rings. The summed E-state index contributed by atoms with van der Waals surface area (Å²) in [7, 11) is 0. The van der Waals surface area contributed by atoms with Gasteiger partial charge in [0, 0.05) is 10.6 Å². The highest BCUT2D eigenvalue weighted by Crippen LogP contribution is 2.31. The highest BCUT2D eigenvalue weighted by molar-refractivity contribution is 6.30. The van der Waals surface area contributed by atoms with Crippen LogP contribution in [0.5, 0.6) is 11.5 Å². The third kappa shape index (κ3) is 3.00. The second-order valence-electron chi connectivity index (χ2n) is 3.92. The van der Waals surface area contributed by atoms with Gasteiger partial charge in [-0.15, -0.1) is 0 Å². The van der Waals surface area contributed by atoms with Gasteiger partial charge < -0.3 is 9.84 Å². The van der Waals surface area contributed by atoms with Crippen LogP contribution in [0, 0.1) is 5.82 Å². The lowest BCUT2D eigenvalue weighted by Gasteiger charge is -2.13. The van der Waals surface area contributed by atoms with Gasteiger partial charge in [-0.2, -0.15) is 0 Å². The number of hydrogen-bond acceptors (Lipinski definition) is 2. The fourth-order valence-electron chi connectivity index (χ4n) is 1.60. The minimum Gasteiger partial charge on any atom is -0.457 e. The molecule has 4 heteroatoms. The maximum absolute atomic E-state index is 13.1. The molecule has 18 heavy (non-hydrogen) atoms. The molecule has 0 saturated carbocycles. The summed E-state index contributed by atoms with van der Waals surface area (Å²) in [4.78, 5) is 0. The van der Waals surface area contributed by atoms with Crippen molar-refractivity contribution in [2.45, 2.75) is 13.0 Å². The summed E-state index contributed by atoms with van der Waals surface area (Å²) in [5, 5.41) is 10.1. The fraction of sp³-hybridized carbons (Fsp3) is 0.143. The van der Waals surface area contributed by atoms with Gasteiger partial charge in [0.05, 0.1) is 6.10 Å². The van der Waals surface area contributed by atoms with Crippen molar-refractivity contribution < 1.29 is 14.2 Å². The average molecular weight is 267 g/mol. The fourth-order valence-corrected chi connectivity index (χ4v) is 1.78. The zero-order valence-electron chi connectivity index (χ0n) is 9.73. The van der Waals surface area contributed by atoms with Gasteiger partial charge in [-0.25, -0.2) is 4.39 Å². The highest BCUT2D eigenvalue weighted by Gasteiger charge is 2.11. The highest BCUT2D eigenvalue weighted by atomic mass is 35.5. The summed E-state index contributed by atoms with van der Waals surface area (Å²) in [6.07, 6.45) is -0.810. The summed E-state index contributed by atoms with van der Waals surface area (Å²) < 4.78 is 18.7. The van der Waals surface area contributed by atoms with E-state index in [1.165, 1.54) is 18.2 Å². The largest absolute Gasteiger partial charge is 0.457 e. The standard InChI is InChI=1S/C14H12ClFO2/c1-9(17)13-8-11(16)5-6-14(13)18-12-4-2-3-10(15)7-12/h2-9,17H,1H3/t9-/m0/s1. The minimum absolute atomic E-state index is 0.398. The molecule has 2 aromatic carbocycles. The SMILES string of the molecule is C[C@H](O)c1cc(F)ccc1Oc1cccc(Cl)c1. The van der Waals surface area contributed by atoms with Crippen molar-refractivity contribution in [2.24, 2.45) is 0 Å². The molecule has 2 aromatic rings. The van der Waals surface area contributed by atoms with E-state index in [1.54, 1.807) is 31.2 Å². The van der Waals surface area contributed by atoms with E-state index >= 15 is 0 Å². The molecular weight excluding hydrogens is 255 g/mol. The molecular formula is C14H12ClFO2. The van der Waals surface area contributed by atoms with Crippen molar-refractivity contribution in [2.75, 3.05) is 0 Å². The van der Waals surface area contributed by atoms with Gasteiger partial charge >= 0.3 is 0 Å². The Morgan fingerprint density at radius 2 is 2.00 bits per heavy atom. The molecule has 0 aromatic heterocycles. The Bertz CT molecular complexity index is 555. The van der Waals surface area contributed by atoms with E-state index < -0.39 is 11.9 Å². The van der Waals surface area contributed by atoms with Crippen molar-refractivity contribution in [1.29, 1.82) is 0 Å². The van der Waals surface area contributed by atoms with Crippen LogP contribution in [-0.2, 0) is 0 Å². The number of ether oxygens (including phenoxy) is 1. The van der Waals surface area contributed by atoms with Gasteiger partial charge in [0.25, 0.3) is 0 Å². The zero-order valence-corrected chi connectivity index (χ0v) is 10.5. The van der Waals surface area contributed by atoms with Crippen LogP contribution in [-0.4, -0.2) is 5.11 Å². The van der Waals surface area contributed by atoms with E-state index in [2.05, 4.69) is 0 Å². The number of aliphatic hydroxyl groups excluding tert-OH is 1. The Labute approximate surface area is 110 Å². The van der Waals surface area contributed by atoms with E-state index in [1.807, 2.05) is 0 Å². The summed E-state index contributed by atoms with van der Waals surface area (Å²) >= 11 is 5.85. The van der Waals surface area contributed by atoms with Crippen LogP contribution in [0.3, 0.4) is 0 Å². The topological polar surface area (TPSA) is 29.5 Å². The number of rotatable bonds is 3. The molecule has 2 rings (SSSR count). The number of benzene rings is 2. The van der Waals surface area contributed by atoms with Gasteiger partial charge in [0.2, 0.25) is 0 Å². The number of aliphatic hydroxyl groups is 1. The van der Waals surface area contributed by atoms with Gasteiger partial charge in [-0.3, -0.25) is 0 Å². The van der Waals surface area contributed by atoms with Crippen LogP contribution >= 0.6 is 11.6 Å². The predicted octanol–water partition coefficient (Wildman–Crippen LogP) is 4.32. The molecule has 0 amide bonds. The Kier molecular flexibility index (Phi) is 3.84. The molecule has 0 heterocycles. The summed E-state index contributed by atoms with van der Waals surface area (Å²) in [5.74, 6) is 0.536. The number of hydrogen-bond donors (Lipinski definition) is 1. The first-order chi connectivity index (χ1) is 8.56. The molecule has 0 bridgehead atoms. The summed E-state index contributed by atoms with van der Waals surface area (Å²) in [6.45, 7) is 1.56. The third-order valence-corrected chi connectivity index (χ3v) is 2.68. The monoisotopic (exact) mass is 266 g/mol. The maximum Gasteiger partial charge on any atom is 0.133 e. The molecule has 0 radical (unpaired) electrons. The van der Waals surface area contributed by atoms with Crippen LogP contribution in [0.15, 0.2) is 42.5 Å². The summed E-state index contributed by atoms with van der Waals surface area (Å²) in [6, 6.07) is 10.9. The molecule has 0 aliphatic carbocycles. The Morgan fingerprint density at radius 3 is 2.67 bits per heavy atom. The number of halogens is 2. The first kappa shape index (κ1) is 12.9. The lowest BCUT2D eigenvalue weighted by Crippen LogP contribution is -1.97. The second-order valence-corrected chi connectivity index (χ2v) is 4.35. The van der Waals surface area contributed by atoms with Gasteiger partial charge in [-0.05, 0) is 43.3 Å². The lowest BCUT2D eigenvalue weighted by molar-refractivity contribution is 0.195. The molecule has 94 valence electrons. The zero-order chi connectivity index (χ0) is 13.1. The first-order valence-electron chi connectivity index (χ1n) is 5.47. The molecule has 0 fully saturated rings. The Hall–Kier alpha value is -1.58. The van der Waals surface area contributed by atoms with Crippen LogP contribution in [0.1, 0.15) is 18.6 Å². The van der Waals surface area contributed by atoms with E-state index in [-0.39, 0.29) is 0 Å². The van der Waals surface area contributed by atoms with Gasteiger partial charge in [0.15, 0.2) is 0 Å². The lowest BCUT2D eigenvalue weighted by atomic mass is 10.1. The van der Waals surface area contributed by atoms with Crippen molar-refractivity contribution in [3.8, 4) is 11.5 Å². The Morgan fingerprint density at radius 1 is 1.22 bits per heavy atom. The molecule has 2 nitrogen and oxygen atoms in total. The van der Waals surface area contributed by atoms with Crippen LogP contribution in [0.2, 0.25) is 5.02 Å². The molecule has 1 N–H and O–H groups in total. The minimum atomic E-state index is -0.810. The van der Waals surface area contributed by atoms with Crippen LogP contribution in [0.4, 0.5) is 4.39 Å². The van der Waals surface area contributed by atoms with Crippen molar-refractivity contribution in [3.05, 3.63) is 58.9 Å². The van der Waals surface area contributed by atoms with Crippen molar-refractivity contribution >= 4 is 11.6 Å². The Balaban J connectivity index is 2.34. The van der Waals surface area contributed by atoms with Crippen LogP contribution < -0.4 is 4.74 Å². The quantitative estimate of drug-likeness (QED) is 0.896. The third-order valence-electron chi connectivity index (χ3n) is 2.45. The molecule has 0 unspecified atom stereocenters. The first-order valence-corrected chi connectivity index (χ1v) is 5.85. The van der Waals surface area contributed by atoms with E-state index in [0.717, 1.165) is 0 Å². The van der Waals surface area contributed by atoms with Crippen molar-refractivity contribution in [3.63, 3.8) is 0 Å². The van der Waals surface area contributed by atoms with Gasteiger partial charge in [-0.1, -0.05) is 17.7 Å². The van der Waals surface area contributed by atoms with E-state index in [4.69, 9.17) is 16.3 Å². The maximum atomic E-state index is 13.1. The smallest absolute Gasteiger partial charge is 0.133 e. The molecule has 0 aliphatic heterocycles. The van der Waals surface area contributed by atoms with Crippen LogP contribution in [0.25, 0.3) is 0 Å². The van der Waals surface area contributed by atoms with E-state index in [0.29, 0.717) is 22.1 Å². The van der Waals surface area contributed by atoms with Gasteiger partial charge in [0.1, 0.15) is 17.3 Å².